The van der Waals surface area contributed by atoms with E-state index in [1.54, 1.807) is 0 Å². The molecular weight excluding hydrogens is 232 g/mol. The summed E-state index contributed by atoms with van der Waals surface area (Å²) in [6.45, 7) is 0.245. The number of carbonyl (C=O) groups excluding carboxylic acids is 1. The van der Waals surface area contributed by atoms with Crippen molar-refractivity contribution in [3.63, 3.8) is 0 Å². The van der Waals surface area contributed by atoms with Crippen LogP contribution < -0.4 is 11.1 Å². The first-order valence-electron chi connectivity index (χ1n) is 4.51. The highest BCUT2D eigenvalue weighted by Gasteiger charge is 2.08. The van der Waals surface area contributed by atoms with Crippen molar-refractivity contribution in [2.45, 2.75) is 11.3 Å². The number of amides is 1. The van der Waals surface area contributed by atoms with E-state index in [0.29, 0.717) is 5.69 Å². The van der Waals surface area contributed by atoms with Gasteiger partial charge in [-0.1, -0.05) is 0 Å². The summed E-state index contributed by atoms with van der Waals surface area (Å²) in [5, 5.41) is 2.53. The van der Waals surface area contributed by atoms with Crippen molar-refractivity contribution >= 4 is 21.7 Å². The molecular formula is C9H12N2O4S. The van der Waals surface area contributed by atoms with Gasteiger partial charge in [-0.3, -0.25) is 9.35 Å². The quantitative estimate of drug-likeness (QED) is 0.656. The normalized spacial score (nSPS) is 11.1. The zero-order chi connectivity index (χ0) is 12.2. The lowest BCUT2D eigenvalue weighted by Gasteiger charge is -2.04. The van der Waals surface area contributed by atoms with Crippen molar-refractivity contribution < 1.29 is 17.8 Å². The first-order chi connectivity index (χ1) is 7.43. The van der Waals surface area contributed by atoms with Crippen LogP contribution in [0.1, 0.15) is 6.42 Å². The minimum absolute atomic E-state index is 0.194. The lowest BCUT2D eigenvalue weighted by molar-refractivity contribution is -0.116. The summed E-state index contributed by atoms with van der Waals surface area (Å²) in [5.41, 5.74) is 5.64. The number of benzene rings is 1. The van der Waals surface area contributed by atoms with Crippen molar-refractivity contribution in [3.8, 4) is 0 Å². The molecule has 0 aliphatic heterocycles. The molecule has 0 saturated heterocycles. The Morgan fingerprint density at radius 3 is 2.31 bits per heavy atom. The average molecular weight is 244 g/mol. The van der Waals surface area contributed by atoms with Gasteiger partial charge in [0.2, 0.25) is 5.91 Å². The van der Waals surface area contributed by atoms with E-state index in [2.05, 4.69) is 5.32 Å². The van der Waals surface area contributed by atoms with Crippen LogP contribution in [0.4, 0.5) is 5.69 Å². The molecule has 0 aromatic heterocycles. The van der Waals surface area contributed by atoms with Gasteiger partial charge in [0.25, 0.3) is 10.1 Å². The summed E-state index contributed by atoms with van der Waals surface area (Å²) in [6.07, 6.45) is 0.194. The monoisotopic (exact) mass is 244 g/mol. The second-order valence-corrected chi connectivity index (χ2v) is 4.51. The number of anilines is 1. The van der Waals surface area contributed by atoms with Gasteiger partial charge in [0.05, 0.1) is 4.90 Å². The Hall–Kier alpha value is -1.44. The maximum absolute atomic E-state index is 11.1. The molecule has 7 heteroatoms. The molecule has 1 aromatic carbocycles. The Bertz CT molecular complexity index is 467. The molecule has 16 heavy (non-hydrogen) atoms. The Kier molecular flexibility index (Phi) is 3.99. The highest BCUT2D eigenvalue weighted by molar-refractivity contribution is 7.85. The summed E-state index contributed by atoms with van der Waals surface area (Å²) in [6, 6.07) is 5.18. The summed E-state index contributed by atoms with van der Waals surface area (Å²) in [4.78, 5) is 10.9. The summed E-state index contributed by atoms with van der Waals surface area (Å²) >= 11 is 0. The van der Waals surface area contributed by atoms with Crippen molar-refractivity contribution in [1.82, 2.24) is 0 Å². The number of rotatable bonds is 4. The zero-order valence-corrected chi connectivity index (χ0v) is 9.20. The molecule has 0 aliphatic rings. The van der Waals surface area contributed by atoms with Crippen molar-refractivity contribution in [2.24, 2.45) is 5.73 Å². The highest BCUT2D eigenvalue weighted by atomic mass is 32.2. The van der Waals surface area contributed by atoms with E-state index in [1.165, 1.54) is 24.3 Å². The number of nitrogens with two attached hydrogens (primary N) is 1. The van der Waals surface area contributed by atoms with Gasteiger partial charge in [0.1, 0.15) is 0 Å². The number of nitrogens with one attached hydrogen (secondary N) is 1. The third kappa shape index (κ3) is 3.61. The van der Waals surface area contributed by atoms with Gasteiger partial charge >= 0.3 is 0 Å². The van der Waals surface area contributed by atoms with Crippen LogP contribution in [0.5, 0.6) is 0 Å². The Morgan fingerprint density at radius 2 is 1.88 bits per heavy atom. The van der Waals surface area contributed by atoms with Gasteiger partial charge in [0, 0.05) is 18.7 Å². The van der Waals surface area contributed by atoms with Crippen LogP contribution >= 0.6 is 0 Å². The Balaban J connectivity index is 2.76. The lowest BCUT2D eigenvalue weighted by atomic mass is 10.3. The molecule has 1 amide bonds. The van der Waals surface area contributed by atoms with E-state index in [0.717, 1.165) is 0 Å². The number of hydrogen-bond acceptors (Lipinski definition) is 4. The fourth-order valence-corrected chi connectivity index (χ4v) is 1.54. The van der Waals surface area contributed by atoms with Crippen molar-refractivity contribution in [3.05, 3.63) is 24.3 Å². The third-order valence-corrected chi connectivity index (χ3v) is 2.68. The summed E-state index contributed by atoms with van der Waals surface area (Å²) in [5.74, 6) is -0.248. The van der Waals surface area contributed by atoms with Gasteiger partial charge in [-0.2, -0.15) is 8.42 Å². The van der Waals surface area contributed by atoms with E-state index < -0.39 is 10.1 Å². The fourth-order valence-electron chi connectivity index (χ4n) is 1.06. The molecule has 0 spiro atoms. The molecule has 4 N–H and O–H groups in total. The predicted molar refractivity (Wildman–Crippen MR) is 58.6 cm³/mol. The first kappa shape index (κ1) is 12.6. The van der Waals surface area contributed by atoms with E-state index in [1.807, 2.05) is 0 Å². The van der Waals surface area contributed by atoms with Gasteiger partial charge < -0.3 is 11.1 Å². The van der Waals surface area contributed by atoms with Crippen LogP contribution in [0.3, 0.4) is 0 Å². The smallest absolute Gasteiger partial charge is 0.294 e. The number of hydrogen-bond donors (Lipinski definition) is 3. The summed E-state index contributed by atoms with van der Waals surface area (Å²) in [7, 11) is -4.19. The second kappa shape index (κ2) is 5.06. The molecule has 0 aliphatic carbocycles. The minimum atomic E-state index is -4.19. The zero-order valence-electron chi connectivity index (χ0n) is 8.38. The first-order valence-corrected chi connectivity index (χ1v) is 5.95. The standard InChI is InChI=1S/C9H12N2O4S/c10-6-5-9(12)11-7-1-3-8(4-2-7)16(13,14)15/h1-4H,5-6,10H2,(H,11,12)(H,13,14,15). The van der Waals surface area contributed by atoms with Gasteiger partial charge in [0.15, 0.2) is 0 Å². The topological polar surface area (TPSA) is 109 Å². The van der Waals surface area contributed by atoms with Crippen LogP contribution in [0.2, 0.25) is 0 Å². The fraction of sp³-hybridized carbons (Fsp3) is 0.222. The van der Waals surface area contributed by atoms with Crippen molar-refractivity contribution in [1.29, 1.82) is 0 Å². The van der Waals surface area contributed by atoms with Crippen LogP contribution in [0.25, 0.3) is 0 Å². The third-order valence-electron chi connectivity index (χ3n) is 1.81. The molecule has 0 bridgehead atoms. The van der Waals surface area contributed by atoms with Gasteiger partial charge in [-0.25, -0.2) is 0 Å². The second-order valence-electron chi connectivity index (χ2n) is 3.09. The molecule has 0 radical (unpaired) electrons. The molecule has 0 saturated carbocycles. The SMILES string of the molecule is NCCC(=O)Nc1ccc(S(=O)(=O)O)cc1. The van der Waals surface area contributed by atoms with Crippen LogP contribution in [-0.4, -0.2) is 25.4 Å². The van der Waals surface area contributed by atoms with Gasteiger partial charge in [-0.05, 0) is 24.3 Å². The maximum Gasteiger partial charge on any atom is 0.294 e. The molecule has 0 atom stereocenters. The Labute approximate surface area is 93.2 Å². The molecule has 6 nitrogen and oxygen atoms in total. The van der Waals surface area contributed by atoms with E-state index >= 15 is 0 Å². The van der Waals surface area contributed by atoms with Crippen LogP contribution in [-0.2, 0) is 14.9 Å². The maximum atomic E-state index is 11.1. The predicted octanol–water partition coefficient (Wildman–Crippen LogP) is 0.221. The number of carbonyl (C=O) groups is 1. The van der Waals surface area contributed by atoms with Crippen LogP contribution in [0.15, 0.2) is 29.2 Å². The molecule has 88 valence electrons. The lowest BCUT2D eigenvalue weighted by Crippen LogP contribution is -2.16. The largest absolute Gasteiger partial charge is 0.330 e. The van der Waals surface area contributed by atoms with E-state index in [4.69, 9.17) is 10.3 Å². The minimum Gasteiger partial charge on any atom is -0.330 e. The molecule has 1 rings (SSSR count). The summed E-state index contributed by atoms with van der Waals surface area (Å²) < 4.78 is 30.2. The van der Waals surface area contributed by atoms with Crippen LogP contribution in [0, 0.1) is 0 Å². The van der Waals surface area contributed by atoms with Gasteiger partial charge in [-0.15, -0.1) is 0 Å². The highest BCUT2D eigenvalue weighted by Crippen LogP contribution is 2.13. The molecule has 0 fully saturated rings. The molecule has 1 aromatic rings. The average Bonchev–Trinajstić information content (AvgIpc) is 2.17. The van der Waals surface area contributed by atoms with E-state index in [9.17, 15) is 13.2 Å². The Morgan fingerprint density at radius 1 is 1.31 bits per heavy atom. The molecule has 0 heterocycles. The van der Waals surface area contributed by atoms with Crippen molar-refractivity contribution in [2.75, 3.05) is 11.9 Å². The molecule has 0 unspecified atom stereocenters. The van der Waals surface area contributed by atoms with E-state index in [-0.39, 0.29) is 23.8 Å².